The zero-order chi connectivity index (χ0) is 28.4. The van der Waals surface area contributed by atoms with Crippen LogP contribution in [0.15, 0.2) is 48.8 Å². The van der Waals surface area contributed by atoms with Crippen LogP contribution in [0.25, 0.3) is 5.65 Å². The Morgan fingerprint density at radius 3 is 2.58 bits per heavy atom. The van der Waals surface area contributed by atoms with Gasteiger partial charge in [-0.15, -0.1) is 0 Å². The van der Waals surface area contributed by atoms with Crippen molar-refractivity contribution in [3.05, 3.63) is 87.6 Å². The van der Waals surface area contributed by atoms with Crippen molar-refractivity contribution >= 4 is 28.8 Å². The minimum absolute atomic E-state index is 0.0179. The maximum absolute atomic E-state index is 13.9. The number of carbonyl (C=O) groups excluding carboxylic acids is 1. The minimum Gasteiger partial charge on any atom is -0.321 e. The third-order valence-electron chi connectivity index (χ3n) is 6.65. The zero-order valence-electron chi connectivity index (χ0n) is 21.8. The number of carbonyl (C=O) groups is 1. The van der Waals surface area contributed by atoms with Crippen LogP contribution in [0.5, 0.6) is 0 Å². The van der Waals surface area contributed by atoms with Crippen LogP contribution < -0.4 is 5.32 Å². The SMILES string of the molecule is Cc1cnc(C(=O)Nc2ccc(CN3CCN(C)CC3)c(C(F)(F)F)c2)cc1C#Cc1cnc2ccc(Cl)nn12. The number of aromatic nitrogens is 4. The number of hydrogen-bond acceptors (Lipinski definition) is 6. The van der Waals surface area contributed by atoms with Crippen LogP contribution in [0.4, 0.5) is 18.9 Å². The van der Waals surface area contributed by atoms with Crippen molar-refractivity contribution < 1.29 is 18.0 Å². The van der Waals surface area contributed by atoms with Gasteiger partial charge in [0.1, 0.15) is 16.5 Å². The molecule has 4 heterocycles. The number of aryl methyl sites for hydroxylation is 1. The highest BCUT2D eigenvalue weighted by atomic mass is 35.5. The van der Waals surface area contributed by atoms with Crippen LogP contribution in [-0.4, -0.2) is 68.5 Å². The second-order valence-electron chi connectivity index (χ2n) is 9.61. The largest absolute Gasteiger partial charge is 0.416 e. The molecule has 0 spiro atoms. The molecule has 0 bridgehead atoms. The van der Waals surface area contributed by atoms with E-state index in [0.717, 1.165) is 24.7 Å². The monoisotopic (exact) mass is 567 g/mol. The number of benzene rings is 1. The summed E-state index contributed by atoms with van der Waals surface area (Å²) in [6, 6.07) is 8.71. The van der Waals surface area contributed by atoms with Crippen molar-refractivity contribution in [2.75, 3.05) is 38.5 Å². The van der Waals surface area contributed by atoms with E-state index in [2.05, 4.69) is 37.1 Å². The van der Waals surface area contributed by atoms with Crippen LogP contribution in [0.1, 0.15) is 38.4 Å². The number of anilines is 1. The number of pyridine rings is 1. The van der Waals surface area contributed by atoms with Gasteiger partial charge in [0.2, 0.25) is 0 Å². The molecule has 1 saturated heterocycles. The lowest BCUT2D eigenvalue weighted by Gasteiger charge is -2.33. The molecule has 1 amide bonds. The molecule has 0 aliphatic carbocycles. The summed E-state index contributed by atoms with van der Waals surface area (Å²) in [6.45, 7) is 4.96. The van der Waals surface area contributed by atoms with Gasteiger partial charge in [-0.2, -0.15) is 18.3 Å². The number of amides is 1. The maximum Gasteiger partial charge on any atom is 0.416 e. The van der Waals surface area contributed by atoms with Crippen LogP contribution in [-0.2, 0) is 12.7 Å². The topological polar surface area (TPSA) is 78.7 Å². The molecular weight excluding hydrogens is 543 g/mol. The number of rotatable bonds is 4. The molecule has 5 rings (SSSR count). The smallest absolute Gasteiger partial charge is 0.321 e. The van der Waals surface area contributed by atoms with E-state index < -0.39 is 17.6 Å². The predicted octanol–water partition coefficient (Wildman–Crippen LogP) is 4.50. The maximum atomic E-state index is 13.9. The Labute approximate surface area is 233 Å². The number of likely N-dealkylation sites (N-methyl/N-ethyl adjacent to an activating group) is 1. The van der Waals surface area contributed by atoms with E-state index >= 15 is 0 Å². The van der Waals surface area contributed by atoms with Gasteiger partial charge in [-0.05, 0) is 61.4 Å². The van der Waals surface area contributed by atoms with Crippen molar-refractivity contribution in [3.8, 4) is 11.8 Å². The van der Waals surface area contributed by atoms with Gasteiger partial charge in [0.25, 0.3) is 5.91 Å². The third kappa shape index (κ3) is 6.25. The summed E-state index contributed by atoms with van der Waals surface area (Å²) < 4.78 is 43.3. The van der Waals surface area contributed by atoms with Gasteiger partial charge in [-0.25, -0.2) is 9.50 Å². The molecule has 0 atom stereocenters. The van der Waals surface area contributed by atoms with E-state index in [0.29, 0.717) is 30.0 Å². The molecule has 40 heavy (non-hydrogen) atoms. The first-order valence-corrected chi connectivity index (χ1v) is 12.9. The molecule has 0 saturated carbocycles. The first-order chi connectivity index (χ1) is 19.1. The number of halogens is 4. The van der Waals surface area contributed by atoms with Crippen LogP contribution in [0.3, 0.4) is 0 Å². The molecule has 1 aromatic carbocycles. The first-order valence-electron chi connectivity index (χ1n) is 12.5. The summed E-state index contributed by atoms with van der Waals surface area (Å²) in [5, 5.41) is 7.02. The number of nitrogens with one attached hydrogen (secondary N) is 1. The highest BCUT2D eigenvalue weighted by Gasteiger charge is 2.34. The Bertz CT molecular complexity index is 1630. The average molecular weight is 568 g/mol. The molecule has 0 unspecified atom stereocenters. The molecule has 12 heteroatoms. The third-order valence-corrected chi connectivity index (χ3v) is 6.86. The Kier molecular flexibility index (Phi) is 7.76. The van der Waals surface area contributed by atoms with Gasteiger partial charge in [-0.1, -0.05) is 23.6 Å². The Morgan fingerprint density at radius 2 is 1.82 bits per heavy atom. The molecule has 1 aliphatic heterocycles. The lowest BCUT2D eigenvalue weighted by Crippen LogP contribution is -2.44. The lowest BCUT2D eigenvalue weighted by atomic mass is 10.0. The molecular formula is C28H25ClF3N7O. The predicted molar refractivity (Wildman–Crippen MR) is 145 cm³/mol. The highest BCUT2D eigenvalue weighted by molar-refractivity contribution is 6.29. The Balaban J connectivity index is 1.35. The molecule has 0 radical (unpaired) electrons. The molecule has 8 nitrogen and oxygen atoms in total. The summed E-state index contributed by atoms with van der Waals surface area (Å²) in [7, 11) is 1.99. The van der Waals surface area contributed by atoms with Gasteiger partial charge < -0.3 is 10.2 Å². The van der Waals surface area contributed by atoms with Gasteiger partial charge in [0.05, 0.1) is 11.8 Å². The zero-order valence-corrected chi connectivity index (χ0v) is 22.5. The standard InChI is InChI=1S/C28H25ClF3N7O/c1-18-15-33-24(13-19(18)4-6-22-16-34-26-8-7-25(29)36-39(22)26)27(40)35-21-5-3-20(23(14-21)28(30,31)32)17-38-11-9-37(2)10-12-38/h3,5,7-8,13-16H,9-12,17H2,1-2H3,(H,35,40). The molecule has 1 fully saturated rings. The minimum atomic E-state index is -4.57. The summed E-state index contributed by atoms with van der Waals surface area (Å²) in [4.78, 5) is 25.5. The van der Waals surface area contributed by atoms with E-state index in [-0.39, 0.29) is 28.6 Å². The van der Waals surface area contributed by atoms with Gasteiger partial charge in [0.15, 0.2) is 5.65 Å². The Hall–Kier alpha value is -3.98. The van der Waals surface area contributed by atoms with Crippen LogP contribution in [0, 0.1) is 18.8 Å². The van der Waals surface area contributed by atoms with Gasteiger partial charge >= 0.3 is 6.18 Å². The normalized spacial score (nSPS) is 14.7. The highest BCUT2D eigenvalue weighted by Crippen LogP contribution is 2.34. The van der Waals surface area contributed by atoms with Crippen molar-refractivity contribution in [1.82, 2.24) is 29.4 Å². The Morgan fingerprint density at radius 1 is 1.05 bits per heavy atom. The quantitative estimate of drug-likeness (QED) is 0.366. The summed E-state index contributed by atoms with van der Waals surface area (Å²) in [6.07, 6.45) is -1.52. The molecule has 1 N–H and O–H groups in total. The lowest BCUT2D eigenvalue weighted by molar-refractivity contribution is -0.138. The summed E-state index contributed by atoms with van der Waals surface area (Å²) in [5.74, 6) is 5.32. The summed E-state index contributed by atoms with van der Waals surface area (Å²) >= 11 is 5.98. The average Bonchev–Trinajstić information content (AvgIpc) is 3.31. The van der Waals surface area contributed by atoms with Crippen molar-refractivity contribution in [3.63, 3.8) is 0 Å². The molecule has 1 aliphatic rings. The fourth-order valence-electron chi connectivity index (χ4n) is 4.35. The number of fused-ring (bicyclic) bond motifs is 1. The molecule has 206 valence electrons. The fraction of sp³-hybridized carbons (Fsp3) is 0.286. The van der Waals surface area contributed by atoms with Crippen molar-refractivity contribution in [1.29, 1.82) is 0 Å². The second-order valence-corrected chi connectivity index (χ2v) is 9.99. The van der Waals surface area contributed by atoms with Crippen molar-refractivity contribution in [2.24, 2.45) is 0 Å². The second kappa shape index (κ2) is 11.3. The number of nitrogens with zero attached hydrogens (tertiary/aromatic N) is 6. The van der Waals surface area contributed by atoms with E-state index in [1.54, 1.807) is 25.3 Å². The van der Waals surface area contributed by atoms with Crippen LogP contribution in [0.2, 0.25) is 5.15 Å². The van der Waals surface area contributed by atoms with E-state index in [9.17, 15) is 18.0 Å². The fourth-order valence-corrected chi connectivity index (χ4v) is 4.49. The van der Waals surface area contributed by atoms with Gasteiger partial charge in [-0.3, -0.25) is 14.7 Å². The van der Waals surface area contributed by atoms with E-state index in [4.69, 9.17) is 11.6 Å². The van der Waals surface area contributed by atoms with Crippen molar-refractivity contribution in [2.45, 2.75) is 19.6 Å². The molecule has 4 aromatic rings. The number of piperazine rings is 1. The number of hydrogen-bond donors (Lipinski definition) is 1. The first kappa shape index (κ1) is 27.6. The number of imidazole rings is 1. The van der Waals surface area contributed by atoms with E-state index in [1.807, 2.05) is 11.9 Å². The van der Waals surface area contributed by atoms with Gasteiger partial charge in [0, 0.05) is 50.2 Å². The van der Waals surface area contributed by atoms with E-state index in [1.165, 1.54) is 28.9 Å². The van der Waals surface area contributed by atoms with Crippen LogP contribution >= 0.6 is 11.6 Å². The summed E-state index contributed by atoms with van der Waals surface area (Å²) in [5.41, 5.74) is 1.77. The number of alkyl halides is 3. The molecule has 3 aromatic heterocycles.